The quantitative estimate of drug-likeness (QED) is 0.733. The van der Waals surface area contributed by atoms with Gasteiger partial charge in [0.15, 0.2) is 0 Å². The van der Waals surface area contributed by atoms with Gasteiger partial charge in [-0.1, -0.05) is 42.7 Å². The summed E-state index contributed by atoms with van der Waals surface area (Å²) in [6.07, 6.45) is 5.09. The fourth-order valence-corrected chi connectivity index (χ4v) is 4.88. The number of aryl methyl sites for hydroxylation is 2. The lowest BCUT2D eigenvalue weighted by atomic mass is 10.0. The number of hydrogen-bond acceptors (Lipinski definition) is 4. The van der Waals surface area contributed by atoms with Gasteiger partial charge in [-0.05, 0) is 45.3 Å². The molecule has 0 bridgehead atoms. The third-order valence-corrected chi connectivity index (χ3v) is 6.20. The van der Waals surface area contributed by atoms with Crippen molar-refractivity contribution in [3.05, 3.63) is 50.9 Å². The normalized spacial score (nSPS) is 16.1. The first-order valence-corrected chi connectivity index (χ1v) is 10.2. The molecular weight excluding hydrogens is 342 g/mol. The Morgan fingerprint density at radius 1 is 1.08 bits per heavy atom. The van der Waals surface area contributed by atoms with Crippen LogP contribution < -0.4 is 5.56 Å². The van der Waals surface area contributed by atoms with Crippen LogP contribution >= 0.6 is 11.3 Å². The van der Waals surface area contributed by atoms with Gasteiger partial charge in [0.25, 0.3) is 5.56 Å². The molecule has 5 heteroatoms. The summed E-state index contributed by atoms with van der Waals surface area (Å²) in [5.74, 6) is 0.793. The van der Waals surface area contributed by atoms with Crippen molar-refractivity contribution in [1.82, 2.24) is 14.9 Å². The van der Waals surface area contributed by atoms with Crippen LogP contribution in [0.3, 0.4) is 0 Å². The van der Waals surface area contributed by atoms with Gasteiger partial charge in [-0.2, -0.15) is 0 Å². The molecule has 136 valence electrons. The lowest BCUT2D eigenvalue weighted by Crippen LogP contribution is -2.26. The second-order valence-electron chi connectivity index (χ2n) is 7.28. The van der Waals surface area contributed by atoms with E-state index in [0.29, 0.717) is 0 Å². The fourth-order valence-electron chi connectivity index (χ4n) is 3.81. The van der Waals surface area contributed by atoms with Gasteiger partial charge < -0.3 is 4.98 Å². The number of nitrogens with one attached hydrogen (secondary N) is 1. The van der Waals surface area contributed by atoms with Gasteiger partial charge in [-0.25, -0.2) is 4.98 Å². The Labute approximate surface area is 157 Å². The molecule has 3 aromatic rings. The number of rotatable bonds is 3. The Kier molecular flexibility index (Phi) is 4.92. The topological polar surface area (TPSA) is 49.0 Å². The molecule has 1 saturated heterocycles. The largest absolute Gasteiger partial charge is 0.309 e. The fraction of sp³-hybridized carbons (Fsp3) is 0.429. The highest BCUT2D eigenvalue weighted by atomic mass is 32.1. The molecular formula is C21H25N3OS. The van der Waals surface area contributed by atoms with Crippen LogP contribution in [0.15, 0.2) is 29.1 Å². The van der Waals surface area contributed by atoms with E-state index < -0.39 is 0 Å². The SMILES string of the molecule is Cc1ccc(-c2c(C)sc3nc(CN4CCCCCC4)[nH]c(=O)c23)cc1. The number of benzene rings is 1. The van der Waals surface area contributed by atoms with E-state index in [2.05, 4.69) is 48.0 Å². The van der Waals surface area contributed by atoms with E-state index >= 15 is 0 Å². The third-order valence-electron chi connectivity index (χ3n) is 5.20. The van der Waals surface area contributed by atoms with Crippen molar-refractivity contribution in [2.75, 3.05) is 13.1 Å². The first kappa shape index (κ1) is 17.4. The van der Waals surface area contributed by atoms with Crippen molar-refractivity contribution < 1.29 is 0 Å². The lowest BCUT2D eigenvalue weighted by molar-refractivity contribution is 0.270. The summed E-state index contributed by atoms with van der Waals surface area (Å²) in [5, 5.41) is 0.732. The van der Waals surface area contributed by atoms with Gasteiger partial charge in [0, 0.05) is 10.4 Å². The van der Waals surface area contributed by atoms with E-state index in [4.69, 9.17) is 4.98 Å². The molecule has 3 heterocycles. The Hall–Kier alpha value is -1.98. The summed E-state index contributed by atoms with van der Waals surface area (Å²) in [6.45, 7) is 7.09. The number of aromatic amines is 1. The van der Waals surface area contributed by atoms with Crippen LogP contribution in [0.25, 0.3) is 21.3 Å². The van der Waals surface area contributed by atoms with Crippen LogP contribution in [0.5, 0.6) is 0 Å². The van der Waals surface area contributed by atoms with Crippen LogP contribution in [0.1, 0.15) is 41.9 Å². The van der Waals surface area contributed by atoms with E-state index in [1.807, 2.05) is 0 Å². The predicted octanol–water partition coefficient (Wildman–Crippen LogP) is 4.64. The third kappa shape index (κ3) is 3.46. The van der Waals surface area contributed by atoms with Crippen molar-refractivity contribution in [2.24, 2.45) is 0 Å². The Bertz CT molecular complexity index is 963. The summed E-state index contributed by atoms with van der Waals surface area (Å²) < 4.78 is 0. The number of fused-ring (bicyclic) bond motifs is 1. The van der Waals surface area contributed by atoms with E-state index in [1.165, 1.54) is 31.2 Å². The molecule has 1 fully saturated rings. The van der Waals surface area contributed by atoms with Gasteiger partial charge in [0.1, 0.15) is 10.7 Å². The second kappa shape index (κ2) is 7.33. The average Bonchev–Trinajstić information content (AvgIpc) is 2.78. The smallest absolute Gasteiger partial charge is 0.260 e. The molecule has 0 aliphatic carbocycles. The minimum Gasteiger partial charge on any atom is -0.309 e. The van der Waals surface area contributed by atoms with Crippen LogP contribution in [0.2, 0.25) is 0 Å². The molecule has 4 nitrogen and oxygen atoms in total. The maximum atomic E-state index is 12.9. The summed E-state index contributed by atoms with van der Waals surface area (Å²) in [7, 11) is 0. The maximum Gasteiger partial charge on any atom is 0.260 e. The Morgan fingerprint density at radius 2 is 1.77 bits per heavy atom. The summed E-state index contributed by atoms with van der Waals surface area (Å²) >= 11 is 1.62. The van der Waals surface area contributed by atoms with Crippen LogP contribution in [-0.4, -0.2) is 28.0 Å². The summed E-state index contributed by atoms with van der Waals surface area (Å²) in [6, 6.07) is 8.37. The standard InChI is InChI=1S/C21H25N3OS/c1-14-7-9-16(10-8-14)18-15(2)26-21-19(18)20(25)22-17(23-21)13-24-11-5-3-4-6-12-24/h7-10H,3-6,11-13H2,1-2H3,(H,22,23,25). The molecule has 0 amide bonds. The van der Waals surface area contributed by atoms with Gasteiger partial charge in [0.05, 0.1) is 11.9 Å². The minimum absolute atomic E-state index is 0.0141. The van der Waals surface area contributed by atoms with E-state index in [-0.39, 0.29) is 5.56 Å². The molecule has 1 aromatic carbocycles. The average molecular weight is 368 g/mol. The molecule has 1 aliphatic rings. The highest BCUT2D eigenvalue weighted by Gasteiger charge is 2.18. The number of thiophene rings is 1. The van der Waals surface area contributed by atoms with Crippen molar-refractivity contribution in [3.8, 4) is 11.1 Å². The first-order valence-electron chi connectivity index (χ1n) is 9.43. The van der Waals surface area contributed by atoms with E-state index in [9.17, 15) is 4.79 Å². The summed E-state index contributed by atoms with van der Waals surface area (Å²) in [4.78, 5) is 25.1. The van der Waals surface area contributed by atoms with Crippen molar-refractivity contribution in [3.63, 3.8) is 0 Å². The number of H-pyrrole nitrogens is 1. The second-order valence-corrected chi connectivity index (χ2v) is 8.49. The zero-order valence-electron chi connectivity index (χ0n) is 15.5. The molecule has 1 aliphatic heterocycles. The van der Waals surface area contributed by atoms with Crippen LogP contribution in [-0.2, 0) is 6.54 Å². The minimum atomic E-state index is -0.0141. The van der Waals surface area contributed by atoms with Crippen LogP contribution in [0, 0.1) is 13.8 Å². The molecule has 0 unspecified atom stereocenters. The van der Waals surface area contributed by atoms with E-state index in [1.54, 1.807) is 11.3 Å². The summed E-state index contributed by atoms with van der Waals surface area (Å²) in [5.41, 5.74) is 3.32. The molecule has 0 atom stereocenters. The zero-order valence-corrected chi connectivity index (χ0v) is 16.3. The van der Waals surface area contributed by atoms with Gasteiger partial charge in [0.2, 0.25) is 0 Å². The lowest BCUT2D eigenvalue weighted by Gasteiger charge is -2.18. The first-order chi connectivity index (χ1) is 12.6. The molecule has 2 aromatic heterocycles. The maximum absolute atomic E-state index is 12.9. The van der Waals surface area contributed by atoms with E-state index in [0.717, 1.165) is 51.7 Å². The zero-order chi connectivity index (χ0) is 18.1. The van der Waals surface area contributed by atoms with Crippen molar-refractivity contribution in [1.29, 1.82) is 0 Å². The Balaban J connectivity index is 1.72. The van der Waals surface area contributed by atoms with Crippen LogP contribution in [0.4, 0.5) is 0 Å². The predicted molar refractivity (Wildman–Crippen MR) is 109 cm³/mol. The Morgan fingerprint density at radius 3 is 2.46 bits per heavy atom. The highest BCUT2D eigenvalue weighted by molar-refractivity contribution is 7.19. The van der Waals surface area contributed by atoms with Crippen molar-refractivity contribution in [2.45, 2.75) is 46.1 Å². The number of hydrogen-bond donors (Lipinski definition) is 1. The molecule has 4 rings (SSSR count). The van der Waals surface area contributed by atoms with Gasteiger partial charge in [-0.15, -0.1) is 11.3 Å². The molecule has 1 N–H and O–H groups in total. The van der Waals surface area contributed by atoms with Gasteiger partial charge in [-0.3, -0.25) is 9.69 Å². The van der Waals surface area contributed by atoms with Crippen molar-refractivity contribution >= 4 is 21.6 Å². The molecule has 0 saturated carbocycles. The molecule has 0 radical (unpaired) electrons. The highest BCUT2D eigenvalue weighted by Crippen LogP contribution is 2.35. The molecule has 0 spiro atoms. The number of aromatic nitrogens is 2. The molecule has 26 heavy (non-hydrogen) atoms. The monoisotopic (exact) mass is 367 g/mol. The van der Waals surface area contributed by atoms with Gasteiger partial charge >= 0.3 is 0 Å². The number of nitrogens with zero attached hydrogens (tertiary/aromatic N) is 2. The number of likely N-dealkylation sites (tertiary alicyclic amines) is 1.